The second-order valence-corrected chi connectivity index (χ2v) is 7.18. The van der Waals surface area contributed by atoms with Crippen LogP contribution in [0.3, 0.4) is 0 Å². The smallest absolute Gasteiger partial charge is 0.248 e. The Hall–Kier alpha value is -3.08. The van der Waals surface area contributed by atoms with E-state index in [9.17, 15) is 0 Å². The van der Waals surface area contributed by atoms with Gasteiger partial charge in [0.1, 0.15) is 17.8 Å². The molecule has 1 aliphatic rings. The summed E-state index contributed by atoms with van der Waals surface area (Å²) in [6.07, 6.45) is 2.50. The number of nitrogens with zero attached hydrogens (tertiary/aromatic N) is 3. The van der Waals surface area contributed by atoms with E-state index in [0.29, 0.717) is 17.5 Å². The molecule has 3 aromatic rings. The summed E-state index contributed by atoms with van der Waals surface area (Å²) >= 11 is 0. The van der Waals surface area contributed by atoms with Crippen molar-refractivity contribution in [3.8, 4) is 11.6 Å². The predicted octanol–water partition coefficient (Wildman–Crippen LogP) is 4.54. The number of hydrogen-bond acceptors (Lipinski definition) is 5. The van der Waals surface area contributed by atoms with E-state index in [0.717, 1.165) is 31.1 Å². The Bertz CT molecular complexity index is 937. The summed E-state index contributed by atoms with van der Waals surface area (Å²) in [6, 6.07) is 16.5. The zero-order valence-corrected chi connectivity index (χ0v) is 15.7. The van der Waals surface area contributed by atoms with Crippen LogP contribution >= 0.6 is 0 Å². The molecule has 2 heterocycles. The van der Waals surface area contributed by atoms with Gasteiger partial charge < -0.3 is 15.4 Å². The monoisotopic (exact) mass is 360 g/mol. The number of hydrogen-bond donors (Lipinski definition) is 1. The molecule has 5 heteroatoms. The highest BCUT2D eigenvalue weighted by atomic mass is 16.5. The SMILES string of the molecule is CC(C)c1ccc(Oc2ncnc(N3CCc4ccccc4C3)c2N)cc1. The van der Waals surface area contributed by atoms with Gasteiger partial charge in [-0.2, -0.15) is 4.98 Å². The van der Waals surface area contributed by atoms with Crippen molar-refractivity contribution in [1.82, 2.24) is 9.97 Å². The van der Waals surface area contributed by atoms with Crippen molar-refractivity contribution in [2.24, 2.45) is 0 Å². The van der Waals surface area contributed by atoms with Gasteiger partial charge in [-0.05, 0) is 41.2 Å². The van der Waals surface area contributed by atoms with E-state index in [-0.39, 0.29) is 0 Å². The van der Waals surface area contributed by atoms with Crippen molar-refractivity contribution in [2.75, 3.05) is 17.2 Å². The molecule has 27 heavy (non-hydrogen) atoms. The fourth-order valence-electron chi connectivity index (χ4n) is 3.41. The molecule has 1 aliphatic heterocycles. The van der Waals surface area contributed by atoms with Crippen LogP contribution in [0, 0.1) is 0 Å². The number of aromatic nitrogens is 2. The Kier molecular flexibility index (Phi) is 4.67. The number of nitrogens with two attached hydrogens (primary N) is 1. The average Bonchev–Trinajstić information content (AvgIpc) is 2.69. The van der Waals surface area contributed by atoms with Crippen molar-refractivity contribution in [2.45, 2.75) is 32.7 Å². The standard InChI is InChI=1S/C22H24N4O/c1-15(2)16-7-9-19(10-8-16)27-22-20(23)21(24-14-25-22)26-12-11-17-5-3-4-6-18(17)13-26/h3-10,14-15H,11-13,23H2,1-2H3. The molecule has 4 rings (SSSR count). The summed E-state index contributed by atoms with van der Waals surface area (Å²) in [6.45, 7) is 6.00. The molecule has 1 aromatic heterocycles. The van der Waals surface area contributed by atoms with Crippen molar-refractivity contribution in [3.63, 3.8) is 0 Å². The first-order valence-electron chi connectivity index (χ1n) is 9.32. The second kappa shape index (κ2) is 7.27. The van der Waals surface area contributed by atoms with Crippen LogP contribution in [0.25, 0.3) is 0 Å². The highest BCUT2D eigenvalue weighted by molar-refractivity contribution is 5.68. The van der Waals surface area contributed by atoms with Crippen LogP contribution in [0.15, 0.2) is 54.9 Å². The molecule has 0 fully saturated rings. The van der Waals surface area contributed by atoms with Gasteiger partial charge in [-0.3, -0.25) is 0 Å². The van der Waals surface area contributed by atoms with Crippen LogP contribution in [0.4, 0.5) is 11.5 Å². The van der Waals surface area contributed by atoms with E-state index >= 15 is 0 Å². The Morgan fingerprint density at radius 3 is 2.48 bits per heavy atom. The summed E-state index contributed by atoms with van der Waals surface area (Å²) < 4.78 is 5.94. The third kappa shape index (κ3) is 3.58. The van der Waals surface area contributed by atoms with Crippen LogP contribution < -0.4 is 15.4 Å². The lowest BCUT2D eigenvalue weighted by atomic mass is 10.00. The average molecular weight is 360 g/mol. The van der Waals surface area contributed by atoms with E-state index < -0.39 is 0 Å². The summed E-state index contributed by atoms with van der Waals surface area (Å²) in [7, 11) is 0. The summed E-state index contributed by atoms with van der Waals surface area (Å²) in [5.74, 6) is 2.33. The Labute approximate surface area is 159 Å². The van der Waals surface area contributed by atoms with Crippen molar-refractivity contribution >= 4 is 11.5 Å². The molecule has 5 nitrogen and oxygen atoms in total. The quantitative estimate of drug-likeness (QED) is 0.740. The van der Waals surface area contributed by atoms with Gasteiger partial charge in [0, 0.05) is 13.1 Å². The largest absolute Gasteiger partial charge is 0.437 e. The highest BCUT2D eigenvalue weighted by Crippen LogP contribution is 2.34. The lowest BCUT2D eigenvalue weighted by Gasteiger charge is -2.30. The number of ether oxygens (including phenoxy) is 1. The maximum atomic E-state index is 6.37. The van der Waals surface area contributed by atoms with Gasteiger partial charge in [-0.1, -0.05) is 50.2 Å². The first-order chi connectivity index (χ1) is 13.1. The first kappa shape index (κ1) is 17.3. The van der Waals surface area contributed by atoms with E-state index in [1.807, 2.05) is 12.1 Å². The summed E-state index contributed by atoms with van der Waals surface area (Å²) in [5.41, 5.74) is 10.8. The van der Waals surface area contributed by atoms with Gasteiger partial charge in [-0.15, -0.1) is 0 Å². The minimum absolute atomic E-state index is 0.399. The van der Waals surface area contributed by atoms with Gasteiger partial charge in [0.15, 0.2) is 5.82 Å². The molecule has 2 aromatic carbocycles. The number of benzene rings is 2. The fraction of sp³-hybridized carbons (Fsp3) is 0.273. The molecule has 0 saturated heterocycles. The minimum Gasteiger partial charge on any atom is -0.437 e. The summed E-state index contributed by atoms with van der Waals surface area (Å²) in [5, 5.41) is 0. The van der Waals surface area contributed by atoms with E-state index in [1.54, 1.807) is 0 Å². The zero-order chi connectivity index (χ0) is 18.8. The molecule has 0 spiro atoms. The molecule has 0 bridgehead atoms. The molecule has 0 unspecified atom stereocenters. The molecule has 138 valence electrons. The van der Waals surface area contributed by atoms with Crippen LogP contribution in [-0.4, -0.2) is 16.5 Å². The van der Waals surface area contributed by atoms with E-state index in [2.05, 4.69) is 65.1 Å². The third-order valence-electron chi connectivity index (χ3n) is 5.02. The Balaban J connectivity index is 1.56. The second-order valence-electron chi connectivity index (χ2n) is 7.18. The van der Waals surface area contributed by atoms with E-state index in [4.69, 9.17) is 10.5 Å². The molecule has 0 atom stereocenters. The summed E-state index contributed by atoms with van der Waals surface area (Å²) in [4.78, 5) is 10.9. The van der Waals surface area contributed by atoms with Crippen LogP contribution in [0.5, 0.6) is 11.6 Å². The topological polar surface area (TPSA) is 64.3 Å². The van der Waals surface area contributed by atoms with Crippen molar-refractivity contribution in [3.05, 3.63) is 71.5 Å². The van der Waals surface area contributed by atoms with Crippen molar-refractivity contribution < 1.29 is 4.74 Å². The maximum absolute atomic E-state index is 6.37. The molecule has 0 saturated carbocycles. The Morgan fingerprint density at radius 2 is 1.74 bits per heavy atom. The zero-order valence-electron chi connectivity index (χ0n) is 15.7. The Morgan fingerprint density at radius 1 is 1.00 bits per heavy atom. The van der Waals surface area contributed by atoms with Crippen LogP contribution in [0.1, 0.15) is 36.5 Å². The molecule has 0 radical (unpaired) electrons. The number of rotatable bonds is 4. The van der Waals surface area contributed by atoms with Crippen molar-refractivity contribution in [1.29, 1.82) is 0 Å². The molecule has 0 amide bonds. The van der Waals surface area contributed by atoms with Gasteiger partial charge in [0.05, 0.1) is 0 Å². The van der Waals surface area contributed by atoms with E-state index in [1.165, 1.54) is 23.0 Å². The maximum Gasteiger partial charge on any atom is 0.248 e. The lowest BCUT2D eigenvalue weighted by Crippen LogP contribution is -2.31. The highest BCUT2D eigenvalue weighted by Gasteiger charge is 2.21. The van der Waals surface area contributed by atoms with Crippen LogP contribution in [0.2, 0.25) is 0 Å². The number of anilines is 2. The molecular formula is C22H24N4O. The van der Waals surface area contributed by atoms with Gasteiger partial charge in [0.2, 0.25) is 5.88 Å². The molecule has 0 aliphatic carbocycles. The molecule has 2 N–H and O–H groups in total. The van der Waals surface area contributed by atoms with Gasteiger partial charge >= 0.3 is 0 Å². The first-order valence-corrected chi connectivity index (χ1v) is 9.32. The predicted molar refractivity (Wildman–Crippen MR) is 108 cm³/mol. The number of fused-ring (bicyclic) bond motifs is 1. The normalized spacial score (nSPS) is 13.5. The van der Waals surface area contributed by atoms with Gasteiger partial charge in [0.25, 0.3) is 0 Å². The van der Waals surface area contributed by atoms with Gasteiger partial charge in [-0.25, -0.2) is 4.98 Å². The van der Waals surface area contributed by atoms with Crippen LogP contribution in [-0.2, 0) is 13.0 Å². The minimum atomic E-state index is 0.399. The number of nitrogen functional groups attached to an aromatic ring is 1. The molecular weight excluding hydrogens is 336 g/mol. The lowest BCUT2D eigenvalue weighted by molar-refractivity contribution is 0.463. The fourth-order valence-corrected chi connectivity index (χ4v) is 3.41. The third-order valence-corrected chi connectivity index (χ3v) is 5.02.